The molecule has 2 bridgehead atoms. The summed E-state index contributed by atoms with van der Waals surface area (Å²) in [6.45, 7) is 4.44. The van der Waals surface area contributed by atoms with Crippen LogP contribution in [0.1, 0.15) is 71.6 Å². The van der Waals surface area contributed by atoms with Gasteiger partial charge in [-0.25, -0.2) is 0 Å². The zero-order chi connectivity index (χ0) is 18.1. The summed E-state index contributed by atoms with van der Waals surface area (Å²) in [5.74, 6) is 1.12. The molecule has 5 fully saturated rings. The average molecular weight is 350 g/mol. The highest BCUT2D eigenvalue weighted by atomic mass is 16.5. The molecule has 0 saturated heterocycles. The Kier molecular flexibility index (Phi) is 3.88. The molecule has 0 aromatic rings. The highest BCUT2D eigenvalue weighted by Gasteiger charge is 2.68. The average Bonchev–Trinajstić information content (AvgIpc) is 2.60. The third kappa shape index (κ3) is 2.16. The van der Waals surface area contributed by atoms with Crippen molar-refractivity contribution in [3.63, 3.8) is 0 Å². The second-order valence-electron chi connectivity index (χ2n) is 10.2. The predicted octanol–water partition coefficient (Wildman–Crippen LogP) is 3.30. The topological polar surface area (TPSA) is 66.8 Å². The van der Waals surface area contributed by atoms with Crippen LogP contribution in [0.3, 0.4) is 0 Å². The minimum Gasteiger partial charge on any atom is -0.469 e. The van der Waals surface area contributed by atoms with E-state index in [4.69, 9.17) is 4.74 Å². The van der Waals surface area contributed by atoms with Crippen molar-refractivity contribution >= 4 is 5.97 Å². The van der Waals surface area contributed by atoms with Crippen LogP contribution in [0.15, 0.2) is 0 Å². The molecule has 0 amide bonds. The molecule has 142 valence electrons. The van der Waals surface area contributed by atoms with Crippen LogP contribution < -0.4 is 0 Å². The SMILES string of the molecule is COC(=O)[C@]1(C)CCC[C@@]2(C)[C@@H]3C[C@H]4CC[C@@]3(CC[C@@H]21)C[C@]4(O)CO. The van der Waals surface area contributed by atoms with Crippen molar-refractivity contribution in [2.45, 2.75) is 77.2 Å². The molecule has 0 aromatic heterocycles. The van der Waals surface area contributed by atoms with Gasteiger partial charge in [-0.1, -0.05) is 13.3 Å². The fourth-order valence-corrected chi connectivity index (χ4v) is 8.17. The Morgan fingerprint density at radius 2 is 1.84 bits per heavy atom. The molecule has 7 atom stereocenters. The van der Waals surface area contributed by atoms with Crippen molar-refractivity contribution in [3.05, 3.63) is 0 Å². The van der Waals surface area contributed by atoms with E-state index in [0.29, 0.717) is 11.8 Å². The molecule has 0 radical (unpaired) electrons. The van der Waals surface area contributed by atoms with Gasteiger partial charge in [0.15, 0.2) is 0 Å². The number of carbonyl (C=O) groups excluding carboxylic acids is 1. The van der Waals surface area contributed by atoms with Crippen LogP contribution in [0.5, 0.6) is 0 Å². The van der Waals surface area contributed by atoms with E-state index in [9.17, 15) is 15.0 Å². The fourth-order valence-electron chi connectivity index (χ4n) is 8.17. The number of fused-ring (bicyclic) bond motifs is 3. The van der Waals surface area contributed by atoms with E-state index in [-0.39, 0.29) is 34.7 Å². The Bertz CT molecular complexity index is 576. The molecule has 1 spiro atoms. The van der Waals surface area contributed by atoms with E-state index in [1.54, 1.807) is 0 Å². The molecule has 5 rings (SSSR count). The monoisotopic (exact) mass is 350 g/mol. The summed E-state index contributed by atoms with van der Waals surface area (Å²) < 4.78 is 5.22. The van der Waals surface area contributed by atoms with Gasteiger partial charge in [0.25, 0.3) is 0 Å². The Labute approximate surface area is 151 Å². The molecule has 4 nitrogen and oxygen atoms in total. The first-order chi connectivity index (χ1) is 11.7. The number of hydrogen-bond acceptors (Lipinski definition) is 4. The molecule has 0 unspecified atom stereocenters. The Balaban J connectivity index is 1.72. The third-order valence-corrected chi connectivity index (χ3v) is 9.30. The van der Waals surface area contributed by atoms with E-state index in [0.717, 1.165) is 44.9 Å². The highest BCUT2D eigenvalue weighted by Crippen LogP contribution is 2.72. The Morgan fingerprint density at radius 1 is 1.12 bits per heavy atom. The summed E-state index contributed by atoms with van der Waals surface area (Å²) in [5, 5.41) is 20.8. The van der Waals surface area contributed by atoms with Gasteiger partial charge < -0.3 is 14.9 Å². The van der Waals surface area contributed by atoms with Crippen molar-refractivity contribution in [1.29, 1.82) is 0 Å². The summed E-state index contributed by atoms with van der Waals surface area (Å²) in [5.41, 5.74) is -0.938. The summed E-state index contributed by atoms with van der Waals surface area (Å²) in [7, 11) is 1.52. The third-order valence-electron chi connectivity index (χ3n) is 9.30. The van der Waals surface area contributed by atoms with E-state index in [1.807, 2.05) is 0 Å². The highest BCUT2D eigenvalue weighted by molar-refractivity contribution is 5.77. The first-order valence-electron chi connectivity index (χ1n) is 10.2. The van der Waals surface area contributed by atoms with Crippen molar-refractivity contribution in [2.75, 3.05) is 13.7 Å². The van der Waals surface area contributed by atoms with Crippen molar-refractivity contribution in [3.8, 4) is 0 Å². The Morgan fingerprint density at radius 3 is 2.52 bits per heavy atom. The number of aliphatic hydroxyl groups excluding tert-OH is 1. The normalized spacial score (nSPS) is 54.5. The smallest absolute Gasteiger partial charge is 0.311 e. The second kappa shape index (κ2) is 5.45. The minimum atomic E-state index is -0.877. The van der Waals surface area contributed by atoms with Crippen LogP contribution in [0.25, 0.3) is 0 Å². The lowest BCUT2D eigenvalue weighted by Crippen LogP contribution is -2.66. The van der Waals surface area contributed by atoms with Crippen LogP contribution in [0.2, 0.25) is 0 Å². The van der Waals surface area contributed by atoms with Crippen LogP contribution in [0, 0.1) is 34.0 Å². The van der Waals surface area contributed by atoms with Crippen molar-refractivity contribution in [2.24, 2.45) is 34.0 Å². The van der Waals surface area contributed by atoms with E-state index in [1.165, 1.54) is 20.0 Å². The molecule has 0 aliphatic heterocycles. The van der Waals surface area contributed by atoms with E-state index in [2.05, 4.69) is 13.8 Å². The summed E-state index contributed by atoms with van der Waals surface area (Å²) in [6, 6.07) is 0. The number of rotatable bonds is 2. The maximum absolute atomic E-state index is 12.7. The number of esters is 1. The molecule has 5 aliphatic rings. The molecule has 4 heteroatoms. The van der Waals surface area contributed by atoms with Gasteiger partial charge in [-0.05, 0) is 86.9 Å². The summed E-state index contributed by atoms with van der Waals surface area (Å²) in [4.78, 5) is 12.7. The fraction of sp³-hybridized carbons (Fsp3) is 0.952. The first kappa shape index (κ1) is 17.8. The predicted molar refractivity (Wildman–Crippen MR) is 94.7 cm³/mol. The molecule has 25 heavy (non-hydrogen) atoms. The van der Waals surface area contributed by atoms with Gasteiger partial charge in [-0.15, -0.1) is 0 Å². The molecule has 0 aromatic carbocycles. The second-order valence-corrected chi connectivity index (χ2v) is 10.2. The zero-order valence-corrected chi connectivity index (χ0v) is 16.0. The van der Waals surface area contributed by atoms with Gasteiger partial charge >= 0.3 is 5.97 Å². The lowest BCUT2D eigenvalue weighted by atomic mass is 9.35. The van der Waals surface area contributed by atoms with Crippen LogP contribution in [0.4, 0.5) is 0 Å². The van der Waals surface area contributed by atoms with Crippen molar-refractivity contribution in [1.82, 2.24) is 0 Å². The zero-order valence-electron chi connectivity index (χ0n) is 16.0. The van der Waals surface area contributed by atoms with Crippen molar-refractivity contribution < 1.29 is 19.7 Å². The molecule has 0 heterocycles. The first-order valence-corrected chi connectivity index (χ1v) is 10.2. The minimum absolute atomic E-state index is 0.0350. The van der Waals surface area contributed by atoms with Gasteiger partial charge in [0.1, 0.15) is 0 Å². The standard InChI is InChI=1S/C21H34O4/c1-18-7-4-8-19(2,17(23)25-3)15(18)6-10-20-9-5-14(11-16(18)20)21(24,12-20)13-22/h14-16,22,24H,4-13H2,1-3H3/t14-,15+,16+,18-,19-,20-,21+/m1/s1. The van der Waals surface area contributed by atoms with Crippen LogP contribution >= 0.6 is 0 Å². The molecular weight excluding hydrogens is 316 g/mol. The summed E-state index contributed by atoms with van der Waals surface area (Å²) >= 11 is 0. The van der Waals surface area contributed by atoms with Gasteiger partial charge in [-0.3, -0.25) is 4.79 Å². The largest absolute Gasteiger partial charge is 0.469 e. The maximum Gasteiger partial charge on any atom is 0.311 e. The lowest BCUT2D eigenvalue weighted by molar-refractivity contribution is -0.245. The number of hydrogen-bond donors (Lipinski definition) is 2. The van der Waals surface area contributed by atoms with Gasteiger partial charge in [0.05, 0.1) is 24.7 Å². The molecule has 5 saturated carbocycles. The molecule has 5 aliphatic carbocycles. The number of methoxy groups -OCH3 is 1. The maximum atomic E-state index is 12.7. The molecular formula is C21H34O4. The number of aliphatic hydroxyl groups is 2. The van der Waals surface area contributed by atoms with E-state index >= 15 is 0 Å². The van der Waals surface area contributed by atoms with Gasteiger partial charge in [-0.2, -0.15) is 0 Å². The van der Waals surface area contributed by atoms with E-state index < -0.39 is 5.60 Å². The van der Waals surface area contributed by atoms with Gasteiger partial charge in [0, 0.05) is 0 Å². The van der Waals surface area contributed by atoms with Crippen LogP contribution in [-0.4, -0.2) is 35.5 Å². The number of ether oxygens (including phenoxy) is 1. The number of carbonyl (C=O) groups is 1. The summed E-state index contributed by atoms with van der Waals surface area (Å²) in [6.07, 6.45) is 9.32. The van der Waals surface area contributed by atoms with Gasteiger partial charge in [0.2, 0.25) is 0 Å². The molecule has 2 N–H and O–H groups in total. The quantitative estimate of drug-likeness (QED) is 0.750. The lowest BCUT2D eigenvalue weighted by Gasteiger charge is -2.69. The Hall–Kier alpha value is -0.610. The van der Waals surface area contributed by atoms with Crippen LogP contribution in [-0.2, 0) is 9.53 Å².